The van der Waals surface area contributed by atoms with Gasteiger partial charge in [-0.25, -0.2) is 68.3 Å². The molecule has 0 spiro atoms. The van der Waals surface area contributed by atoms with Gasteiger partial charge in [0.15, 0.2) is 16.9 Å². The Bertz CT molecular complexity index is 4720. The third-order valence-corrected chi connectivity index (χ3v) is 17.2. The largest absolute Gasteiger partial charge is 0.490 e. The number of carboxylic acids is 1. The molecule has 0 atom stereocenters. The molecule has 1 aliphatic carbocycles. The molecule has 0 radical (unpaired) electrons. The first-order chi connectivity index (χ1) is 46.7. The van der Waals surface area contributed by atoms with Crippen molar-refractivity contribution in [2.75, 3.05) is 56.5 Å². The molecular formula is C65H75F3IN23O6. The molecule has 98 heavy (non-hydrogen) atoms. The van der Waals surface area contributed by atoms with Crippen LogP contribution in [0.4, 0.5) is 40.2 Å². The number of nitrogens with two attached hydrogens (primary N) is 3. The van der Waals surface area contributed by atoms with Crippen LogP contribution in [0.3, 0.4) is 0 Å². The van der Waals surface area contributed by atoms with E-state index in [4.69, 9.17) is 46.8 Å². The van der Waals surface area contributed by atoms with Gasteiger partial charge in [-0.15, -0.1) is 0 Å². The van der Waals surface area contributed by atoms with E-state index in [9.17, 15) is 22.8 Å². The van der Waals surface area contributed by atoms with Crippen LogP contribution in [0.5, 0.6) is 0 Å². The molecule has 15 rings (SSSR count). The van der Waals surface area contributed by atoms with Crippen LogP contribution in [0.25, 0.3) is 83.8 Å². The van der Waals surface area contributed by atoms with Crippen LogP contribution >= 0.6 is 22.6 Å². The van der Waals surface area contributed by atoms with E-state index in [2.05, 4.69) is 119 Å². The van der Waals surface area contributed by atoms with Gasteiger partial charge in [0.1, 0.15) is 74.0 Å². The van der Waals surface area contributed by atoms with Gasteiger partial charge < -0.3 is 56.9 Å². The summed E-state index contributed by atoms with van der Waals surface area (Å²) < 4.78 is 49.3. The summed E-state index contributed by atoms with van der Waals surface area (Å²) in [6, 6.07) is 10.8. The van der Waals surface area contributed by atoms with Gasteiger partial charge >= 0.3 is 24.3 Å². The minimum atomic E-state index is -5.08. The van der Waals surface area contributed by atoms with E-state index in [1.807, 2.05) is 98.6 Å². The zero-order valence-electron chi connectivity index (χ0n) is 54.9. The number of halogens is 4. The maximum absolute atomic E-state index is 12.4. The van der Waals surface area contributed by atoms with Crippen molar-refractivity contribution in [3.05, 3.63) is 107 Å². The number of nitrogen functional groups attached to an aromatic ring is 3. The first-order valence-electron chi connectivity index (χ1n) is 31.7. The number of H-pyrrole nitrogens is 2. The average molecular weight is 1460 g/mol. The molecule has 10 N–H and O–H groups in total. The van der Waals surface area contributed by atoms with Crippen LogP contribution in [0.2, 0.25) is 0 Å². The Hall–Kier alpha value is -10.2. The highest BCUT2D eigenvalue weighted by atomic mass is 127. The number of piperidine rings is 3. The predicted octanol–water partition coefficient (Wildman–Crippen LogP) is 10.6. The van der Waals surface area contributed by atoms with E-state index < -0.39 is 23.3 Å². The summed E-state index contributed by atoms with van der Waals surface area (Å²) in [6.07, 6.45) is 18.5. The Morgan fingerprint density at radius 2 is 1.00 bits per heavy atom. The lowest BCUT2D eigenvalue weighted by Gasteiger charge is -2.33. The van der Waals surface area contributed by atoms with Gasteiger partial charge in [0, 0.05) is 85.5 Å². The second kappa shape index (κ2) is 28.9. The number of ether oxygens (including phenoxy) is 2. The molecule has 0 unspecified atom stereocenters. The maximum Gasteiger partial charge on any atom is 0.490 e. The molecule has 33 heteroatoms. The van der Waals surface area contributed by atoms with E-state index >= 15 is 0 Å². The topological polar surface area (TPSA) is 388 Å². The number of aliphatic carboxylic acids is 1. The lowest BCUT2D eigenvalue weighted by atomic mass is 10.1. The van der Waals surface area contributed by atoms with Crippen molar-refractivity contribution in [1.82, 2.24) is 99.3 Å². The number of nitrogens with one attached hydrogen (secondary N) is 3. The number of allylic oxidation sites excluding steroid dienone is 1. The van der Waals surface area contributed by atoms with Crippen LogP contribution in [-0.4, -0.2) is 174 Å². The predicted molar refractivity (Wildman–Crippen MR) is 371 cm³/mol. The van der Waals surface area contributed by atoms with Crippen molar-refractivity contribution in [2.45, 2.75) is 129 Å². The summed E-state index contributed by atoms with van der Waals surface area (Å²) in [5.41, 5.74) is 28.3. The fourth-order valence-electron chi connectivity index (χ4n) is 11.8. The van der Waals surface area contributed by atoms with Crippen molar-refractivity contribution < 1.29 is 42.1 Å². The second-order valence-corrected chi connectivity index (χ2v) is 26.8. The zero-order valence-corrected chi connectivity index (χ0v) is 57.1. The van der Waals surface area contributed by atoms with Crippen LogP contribution in [0, 0.1) is 10.6 Å². The zero-order chi connectivity index (χ0) is 69.8. The summed E-state index contributed by atoms with van der Waals surface area (Å²) in [6.45, 7) is 17.7. The Labute approximate surface area is 572 Å². The van der Waals surface area contributed by atoms with E-state index in [-0.39, 0.29) is 24.3 Å². The molecule has 0 aromatic carbocycles. The summed E-state index contributed by atoms with van der Waals surface area (Å²) in [5, 5.41) is 29.3. The van der Waals surface area contributed by atoms with Gasteiger partial charge in [-0.05, 0) is 164 Å². The van der Waals surface area contributed by atoms with Crippen molar-refractivity contribution in [3.8, 4) is 22.5 Å². The van der Waals surface area contributed by atoms with Crippen molar-refractivity contribution in [3.63, 3.8) is 0 Å². The van der Waals surface area contributed by atoms with E-state index in [0.717, 1.165) is 128 Å². The molecule has 0 saturated carbocycles. The monoisotopic (exact) mass is 1460 g/mol. The van der Waals surface area contributed by atoms with Crippen molar-refractivity contribution in [1.29, 1.82) is 0 Å². The summed E-state index contributed by atoms with van der Waals surface area (Å²) >= 11 is 2.15. The van der Waals surface area contributed by atoms with E-state index in [0.29, 0.717) is 61.0 Å². The molecular weight excluding hydrogens is 1380 g/mol. The number of nitrogens with zero attached hydrogens (tertiary/aromatic N) is 17. The highest BCUT2D eigenvalue weighted by Gasteiger charge is 2.38. The molecule has 3 fully saturated rings. The minimum absolute atomic E-state index is 0.0863. The quantitative estimate of drug-likeness (QED) is 0.0787. The first kappa shape index (κ1) is 69.2. The lowest BCUT2D eigenvalue weighted by molar-refractivity contribution is -0.192. The normalized spacial score (nSPS) is 15.4. The number of pyridine rings is 3. The van der Waals surface area contributed by atoms with Gasteiger partial charge in [0.05, 0.1) is 40.0 Å². The second-order valence-electron chi connectivity index (χ2n) is 25.8. The summed E-state index contributed by atoms with van der Waals surface area (Å²) in [5.74, 6) is -1.47. The Balaban J connectivity index is 0.000000134. The van der Waals surface area contributed by atoms with Crippen molar-refractivity contribution >= 4 is 119 Å². The highest BCUT2D eigenvalue weighted by Crippen LogP contribution is 2.37. The van der Waals surface area contributed by atoms with Crippen LogP contribution in [0.1, 0.15) is 115 Å². The number of aromatic amines is 2. The lowest BCUT2D eigenvalue weighted by Crippen LogP contribution is -2.42. The minimum Gasteiger partial charge on any atom is -0.475 e. The summed E-state index contributed by atoms with van der Waals surface area (Å²) in [7, 11) is 0. The number of carboxylic acid groups (broad SMARTS) is 1. The van der Waals surface area contributed by atoms with E-state index in [1.54, 1.807) is 16.0 Å². The molecule has 11 aromatic heterocycles. The van der Waals surface area contributed by atoms with Crippen molar-refractivity contribution in [2.24, 2.45) is 0 Å². The average Bonchev–Trinajstić information content (AvgIpc) is 1.62. The van der Waals surface area contributed by atoms with Crippen LogP contribution in [-0.2, 0) is 20.7 Å². The number of aryl methyl sites for hydroxylation is 1. The number of alkyl halides is 3. The number of carbonyl (C=O) groups excluding carboxylic acids is 2. The number of carbonyl (C=O) groups is 3. The molecule has 3 aliphatic heterocycles. The molecule has 14 heterocycles. The SMILES string of the molecule is CC(C)(C)OC(=O)N1CCC(n2nc(-c3cnc4[nH]ccc4c3)c3c(N)ncnc32)CC1.CC(C)(C)OC(=O)N1CCC(n2nc(I)c3c(N)ncnc32)CC1.Cc1cnc2c(c1)C=CC2.Nc1ncnc2c1c(-c1cnc3[nH]ccc3c1)nn2C1CCNCC1.O=C(O)C(F)(F)F. The number of fused-ring (bicyclic) bond motifs is 6. The van der Waals surface area contributed by atoms with E-state index in [1.165, 1.54) is 35.8 Å². The molecule has 514 valence electrons. The number of hydrogen-bond donors (Lipinski definition) is 7. The standard InChI is InChI=1S/C22H26N8O2.C17H18N8.C15H21IN6O2.C9H9N.C2HF3O2/c1-22(2,3)32-21(31)29-8-5-15(6-9-29)30-20-16(18(23)26-12-27-20)17(28-30)14-10-13-4-7-24-19(13)25-11-14;18-15-13-14(11-7-10-1-6-20-16(10)21-8-11)24-25(17(13)23-9-22-15)12-2-4-19-5-3-12;1-15(2,3)24-14(23)21-6-4-9(5-7-21)22-13-10(11(16)20-22)12(17)18-8-19-13;1-7-5-8-3-2-4-9(8)10-6-7;3-2(4,5)1(6)7/h4,7,10-12,15H,5-6,8-9H2,1-3H3,(H,24,25)(H2,23,26,27);1,6-9,12,19H,2-5H2,(H,20,21)(H2,18,22,23);8-9H,4-7H2,1-3H3,(H2,17,18,19);2-3,5-6H,4H2,1H3;(H,6,7). The third kappa shape index (κ3) is 15.9. The third-order valence-electron chi connectivity index (χ3n) is 16.4. The van der Waals surface area contributed by atoms with Gasteiger partial charge in [0.2, 0.25) is 0 Å². The van der Waals surface area contributed by atoms with Crippen LogP contribution < -0.4 is 22.5 Å². The Morgan fingerprint density at radius 1 is 0.582 bits per heavy atom. The van der Waals surface area contributed by atoms with Gasteiger partial charge in [-0.2, -0.15) is 28.5 Å². The molecule has 3 saturated heterocycles. The smallest absolute Gasteiger partial charge is 0.475 e. The number of rotatable bonds is 5. The van der Waals surface area contributed by atoms with Crippen LogP contribution in [0.15, 0.2) is 86.4 Å². The Morgan fingerprint density at radius 3 is 1.44 bits per heavy atom. The number of likely N-dealkylation sites (tertiary alicyclic amines) is 2. The maximum atomic E-state index is 12.4. The summed E-state index contributed by atoms with van der Waals surface area (Å²) in [4.78, 5) is 82.2. The fraction of sp³-hybridized carbons (Fsp3) is 0.400. The molecule has 4 aliphatic rings. The fourth-order valence-corrected chi connectivity index (χ4v) is 12.5. The first-order valence-corrected chi connectivity index (χ1v) is 32.8. The number of hydrogen-bond acceptors (Lipinski definition) is 21. The van der Waals surface area contributed by atoms with Gasteiger partial charge in [0.25, 0.3) is 0 Å². The molecule has 0 bridgehead atoms. The Kier molecular flexibility index (Phi) is 20.4. The van der Waals surface area contributed by atoms with Gasteiger partial charge in [-0.1, -0.05) is 12.2 Å². The highest BCUT2D eigenvalue weighted by molar-refractivity contribution is 14.1. The molecule has 29 nitrogen and oxygen atoms in total. The number of amides is 2. The molecule has 2 amide bonds. The molecule has 11 aromatic rings. The number of anilines is 3. The van der Waals surface area contributed by atoms with Gasteiger partial charge in [-0.3, -0.25) is 4.98 Å². The number of aromatic nitrogens is 17.